The zero-order valence-electron chi connectivity index (χ0n) is 12.7. The Hall–Kier alpha value is -1.26. The topological polar surface area (TPSA) is 78.4 Å². The number of rotatable bonds is 8. The highest BCUT2D eigenvalue weighted by atomic mass is 16.4. The first-order valence-electron chi connectivity index (χ1n) is 7.00. The molecular formula is C14H28N2O3. The van der Waals surface area contributed by atoms with Crippen molar-refractivity contribution >= 4 is 12.0 Å². The number of carboxylic acid groups (broad SMARTS) is 1. The van der Waals surface area contributed by atoms with Crippen LogP contribution in [-0.4, -0.2) is 30.2 Å². The summed E-state index contributed by atoms with van der Waals surface area (Å²) in [6, 6.07) is -0.219. The van der Waals surface area contributed by atoms with Crippen LogP contribution in [0, 0.1) is 23.7 Å². The molecule has 0 fully saturated rings. The van der Waals surface area contributed by atoms with Gasteiger partial charge >= 0.3 is 12.0 Å². The molecule has 2 amide bonds. The molecule has 1 atom stereocenters. The van der Waals surface area contributed by atoms with Crippen LogP contribution in [0.5, 0.6) is 0 Å². The second kappa shape index (κ2) is 8.77. The van der Waals surface area contributed by atoms with Crippen molar-refractivity contribution < 1.29 is 14.7 Å². The van der Waals surface area contributed by atoms with E-state index in [-0.39, 0.29) is 6.03 Å². The van der Waals surface area contributed by atoms with Crippen molar-refractivity contribution in [2.45, 2.75) is 41.0 Å². The van der Waals surface area contributed by atoms with Gasteiger partial charge in [0.15, 0.2) is 0 Å². The van der Waals surface area contributed by atoms with Gasteiger partial charge in [-0.3, -0.25) is 4.79 Å². The number of carbonyl (C=O) groups excluding carboxylic acids is 1. The molecular weight excluding hydrogens is 244 g/mol. The van der Waals surface area contributed by atoms with E-state index < -0.39 is 11.9 Å². The van der Waals surface area contributed by atoms with Crippen molar-refractivity contribution in [1.29, 1.82) is 0 Å². The standard InChI is InChI=1S/C14H28N2O3/c1-9(2)12(10(3)4)8-16-14(19)15-7-6-11(5)13(17)18/h9-12H,6-8H2,1-5H3,(H,17,18)(H2,15,16,19). The van der Waals surface area contributed by atoms with Gasteiger partial charge in [0.1, 0.15) is 0 Å². The molecule has 1 unspecified atom stereocenters. The molecule has 0 spiro atoms. The van der Waals surface area contributed by atoms with E-state index in [0.29, 0.717) is 37.3 Å². The molecule has 5 heteroatoms. The fourth-order valence-electron chi connectivity index (χ4n) is 2.04. The third-order valence-corrected chi connectivity index (χ3v) is 3.50. The van der Waals surface area contributed by atoms with E-state index in [1.165, 1.54) is 0 Å². The van der Waals surface area contributed by atoms with Gasteiger partial charge in [-0.15, -0.1) is 0 Å². The predicted octanol–water partition coefficient (Wildman–Crippen LogP) is 2.32. The number of hydrogen-bond acceptors (Lipinski definition) is 2. The van der Waals surface area contributed by atoms with Crippen molar-refractivity contribution in [3.05, 3.63) is 0 Å². The molecule has 0 aromatic carbocycles. The first kappa shape index (κ1) is 17.7. The number of carboxylic acids is 1. The molecule has 19 heavy (non-hydrogen) atoms. The van der Waals surface area contributed by atoms with Crippen LogP contribution in [0.25, 0.3) is 0 Å². The largest absolute Gasteiger partial charge is 0.481 e. The third-order valence-electron chi connectivity index (χ3n) is 3.50. The lowest BCUT2D eigenvalue weighted by atomic mass is 9.85. The van der Waals surface area contributed by atoms with E-state index in [2.05, 4.69) is 38.3 Å². The Kier molecular flexibility index (Phi) is 8.19. The molecule has 0 rings (SSSR count). The lowest BCUT2D eigenvalue weighted by Gasteiger charge is -2.25. The van der Waals surface area contributed by atoms with E-state index >= 15 is 0 Å². The minimum Gasteiger partial charge on any atom is -0.481 e. The molecule has 0 bridgehead atoms. The summed E-state index contributed by atoms with van der Waals surface area (Å²) >= 11 is 0. The van der Waals surface area contributed by atoms with Crippen LogP contribution in [0.4, 0.5) is 4.79 Å². The summed E-state index contributed by atoms with van der Waals surface area (Å²) < 4.78 is 0. The summed E-state index contributed by atoms with van der Waals surface area (Å²) in [5, 5.41) is 14.3. The number of hydrogen-bond donors (Lipinski definition) is 3. The average molecular weight is 272 g/mol. The summed E-state index contributed by atoms with van der Waals surface area (Å²) in [5.74, 6) is 0.227. The molecule has 0 radical (unpaired) electrons. The highest BCUT2D eigenvalue weighted by molar-refractivity contribution is 5.74. The predicted molar refractivity (Wildman–Crippen MR) is 76.0 cm³/mol. The van der Waals surface area contributed by atoms with Gasteiger partial charge in [0.05, 0.1) is 5.92 Å². The van der Waals surface area contributed by atoms with Crippen LogP contribution in [0.15, 0.2) is 0 Å². The van der Waals surface area contributed by atoms with Crippen LogP contribution in [-0.2, 0) is 4.79 Å². The normalized spacial score (nSPS) is 12.8. The first-order chi connectivity index (χ1) is 8.75. The fraction of sp³-hybridized carbons (Fsp3) is 0.857. The summed E-state index contributed by atoms with van der Waals surface area (Å²) in [6.07, 6.45) is 0.445. The Labute approximate surface area is 116 Å². The molecule has 0 aromatic heterocycles. The van der Waals surface area contributed by atoms with Crippen LogP contribution >= 0.6 is 0 Å². The van der Waals surface area contributed by atoms with Crippen LogP contribution in [0.1, 0.15) is 41.0 Å². The smallest absolute Gasteiger partial charge is 0.314 e. The highest BCUT2D eigenvalue weighted by Crippen LogP contribution is 2.19. The van der Waals surface area contributed by atoms with Gasteiger partial charge in [-0.2, -0.15) is 0 Å². The van der Waals surface area contributed by atoms with Gasteiger partial charge in [0.25, 0.3) is 0 Å². The molecule has 112 valence electrons. The average Bonchev–Trinajstić information content (AvgIpc) is 2.27. The lowest BCUT2D eigenvalue weighted by Crippen LogP contribution is -2.41. The molecule has 0 aromatic rings. The molecule has 0 saturated heterocycles. The van der Waals surface area contributed by atoms with E-state index in [9.17, 15) is 9.59 Å². The van der Waals surface area contributed by atoms with Gasteiger partial charge in [-0.05, 0) is 24.2 Å². The quantitative estimate of drug-likeness (QED) is 0.634. The Morgan fingerprint density at radius 2 is 1.53 bits per heavy atom. The van der Waals surface area contributed by atoms with E-state index in [1.54, 1.807) is 6.92 Å². The van der Waals surface area contributed by atoms with Gasteiger partial charge in [-0.25, -0.2) is 4.79 Å². The fourth-order valence-corrected chi connectivity index (χ4v) is 2.04. The van der Waals surface area contributed by atoms with Gasteiger partial charge in [0.2, 0.25) is 0 Å². The second-order valence-electron chi connectivity index (χ2n) is 5.82. The summed E-state index contributed by atoms with van der Waals surface area (Å²) in [4.78, 5) is 22.2. The zero-order chi connectivity index (χ0) is 15.0. The van der Waals surface area contributed by atoms with Crippen molar-refractivity contribution in [3.8, 4) is 0 Å². The molecule has 0 saturated carbocycles. The van der Waals surface area contributed by atoms with Gasteiger partial charge in [0, 0.05) is 13.1 Å². The molecule has 5 nitrogen and oxygen atoms in total. The minimum absolute atomic E-state index is 0.219. The molecule has 3 N–H and O–H groups in total. The van der Waals surface area contributed by atoms with Crippen LogP contribution in [0.2, 0.25) is 0 Å². The number of carbonyl (C=O) groups is 2. The van der Waals surface area contributed by atoms with Crippen molar-refractivity contribution in [3.63, 3.8) is 0 Å². The Balaban J connectivity index is 3.89. The second-order valence-corrected chi connectivity index (χ2v) is 5.82. The number of urea groups is 1. The van der Waals surface area contributed by atoms with E-state index in [4.69, 9.17) is 5.11 Å². The summed E-state index contributed by atoms with van der Waals surface area (Å²) in [6.45, 7) is 11.3. The van der Waals surface area contributed by atoms with Crippen molar-refractivity contribution in [2.24, 2.45) is 23.7 Å². The molecule has 0 aliphatic rings. The minimum atomic E-state index is -0.832. The van der Waals surface area contributed by atoms with Gasteiger partial charge < -0.3 is 15.7 Å². The zero-order valence-corrected chi connectivity index (χ0v) is 12.7. The number of nitrogens with one attached hydrogen (secondary N) is 2. The maximum atomic E-state index is 11.6. The molecule has 0 aliphatic heterocycles. The monoisotopic (exact) mass is 272 g/mol. The highest BCUT2D eigenvalue weighted by Gasteiger charge is 2.18. The Morgan fingerprint density at radius 1 is 1.00 bits per heavy atom. The van der Waals surface area contributed by atoms with Gasteiger partial charge in [-0.1, -0.05) is 34.6 Å². The third kappa shape index (κ3) is 7.70. The van der Waals surface area contributed by atoms with Crippen molar-refractivity contribution in [1.82, 2.24) is 10.6 Å². The Bertz CT molecular complexity index is 282. The van der Waals surface area contributed by atoms with Crippen molar-refractivity contribution in [2.75, 3.05) is 13.1 Å². The summed E-state index contributed by atoms with van der Waals surface area (Å²) in [5.41, 5.74) is 0. The molecule has 0 heterocycles. The number of amides is 2. The maximum absolute atomic E-state index is 11.6. The molecule has 0 aliphatic carbocycles. The Morgan fingerprint density at radius 3 is 1.95 bits per heavy atom. The summed E-state index contributed by atoms with van der Waals surface area (Å²) in [7, 11) is 0. The maximum Gasteiger partial charge on any atom is 0.314 e. The SMILES string of the molecule is CC(CCNC(=O)NCC(C(C)C)C(C)C)C(=O)O. The first-order valence-corrected chi connectivity index (χ1v) is 7.00. The number of aliphatic carboxylic acids is 1. The van der Waals surface area contributed by atoms with Crippen LogP contribution in [0.3, 0.4) is 0 Å². The van der Waals surface area contributed by atoms with E-state index in [0.717, 1.165) is 0 Å². The van der Waals surface area contributed by atoms with Crippen LogP contribution < -0.4 is 10.6 Å². The van der Waals surface area contributed by atoms with E-state index in [1.807, 2.05) is 0 Å². The lowest BCUT2D eigenvalue weighted by molar-refractivity contribution is -0.141.